The quantitative estimate of drug-likeness (QED) is 0.758. The van der Waals surface area contributed by atoms with Crippen LogP contribution in [0.4, 0.5) is 0 Å². The highest BCUT2D eigenvalue weighted by molar-refractivity contribution is 8.01. The number of amides is 1. The molecule has 0 aliphatic carbocycles. The molecule has 0 N–H and O–H groups in total. The predicted octanol–water partition coefficient (Wildman–Crippen LogP) is 1.91. The van der Waals surface area contributed by atoms with Crippen LogP contribution in [0.3, 0.4) is 0 Å². The first-order valence-electron chi connectivity index (χ1n) is 6.17. The number of hydrogen-bond donors (Lipinski definition) is 0. The second-order valence-electron chi connectivity index (χ2n) is 4.94. The predicted molar refractivity (Wildman–Crippen MR) is 66.7 cm³/mol. The lowest BCUT2D eigenvalue weighted by Gasteiger charge is -2.22. The van der Waals surface area contributed by atoms with Gasteiger partial charge >= 0.3 is 0 Å². The van der Waals surface area contributed by atoms with Gasteiger partial charge in [-0.15, -0.1) is 11.8 Å². The minimum absolute atomic E-state index is 0.177. The summed E-state index contributed by atoms with van der Waals surface area (Å²) < 4.78 is 5.54. The van der Waals surface area contributed by atoms with E-state index < -0.39 is 0 Å². The van der Waals surface area contributed by atoms with E-state index in [0.717, 1.165) is 26.0 Å². The first-order chi connectivity index (χ1) is 7.59. The molecule has 2 saturated heterocycles. The van der Waals surface area contributed by atoms with Crippen molar-refractivity contribution in [2.24, 2.45) is 0 Å². The number of rotatable bonds is 3. The van der Waals surface area contributed by atoms with Crippen molar-refractivity contribution in [3.63, 3.8) is 0 Å². The molecule has 3 atom stereocenters. The van der Waals surface area contributed by atoms with Crippen LogP contribution in [0.5, 0.6) is 0 Å². The van der Waals surface area contributed by atoms with E-state index >= 15 is 0 Å². The van der Waals surface area contributed by atoms with Crippen molar-refractivity contribution in [3.8, 4) is 0 Å². The van der Waals surface area contributed by atoms with Gasteiger partial charge in [-0.1, -0.05) is 0 Å². The van der Waals surface area contributed by atoms with Gasteiger partial charge in [-0.3, -0.25) is 4.79 Å². The number of ether oxygens (including phenoxy) is 1. The Balaban J connectivity index is 1.89. The van der Waals surface area contributed by atoms with Gasteiger partial charge < -0.3 is 9.64 Å². The Bertz CT molecular complexity index is 270. The normalized spacial score (nSPS) is 35.4. The lowest BCUT2D eigenvalue weighted by atomic mass is 10.3. The van der Waals surface area contributed by atoms with Gasteiger partial charge in [0.2, 0.25) is 5.91 Å². The van der Waals surface area contributed by atoms with Gasteiger partial charge in [-0.2, -0.15) is 0 Å². The maximum Gasteiger partial charge on any atom is 0.235 e. The zero-order valence-corrected chi connectivity index (χ0v) is 11.1. The van der Waals surface area contributed by atoms with E-state index in [1.165, 1.54) is 0 Å². The molecule has 0 aromatic rings. The van der Waals surface area contributed by atoms with E-state index in [2.05, 4.69) is 20.8 Å². The number of nitrogens with zero attached hydrogens (tertiary/aromatic N) is 1. The largest absolute Gasteiger partial charge is 0.377 e. The van der Waals surface area contributed by atoms with Crippen LogP contribution in [0.15, 0.2) is 0 Å². The van der Waals surface area contributed by atoms with E-state index in [1.54, 1.807) is 0 Å². The van der Waals surface area contributed by atoms with Gasteiger partial charge in [0.05, 0.1) is 11.4 Å². The third-order valence-corrected chi connectivity index (χ3v) is 5.19. The molecule has 2 aliphatic heterocycles. The molecule has 0 spiro atoms. The van der Waals surface area contributed by atoms with Crippen LogP contribution < -0.4 is 0 Å². The first kappa shape index (κ1) is 12.2. The number of hydrogen-bond acceptors (Lipinski definition) is 3. The van der Waals surface area contributed by atoms with Crippen LogP contribution in [0.1, 0.15) is 33.6 Å². The van der Waals surface area contributed by atoms with Gasteiger partial charge in [0.1, 0.15) is 0 Å². The molecule has 2 fully saturated rings. The third-order valence-electron chi connectivity index (χ3n) is 3.46. The standard InChI is InChI=1S/C12H21NO2S/c1-8(2)13-6-4-11(12(13)14)16-10-5-7-15-9(10)3/h8-11H,4-7H2,1-3H3/t9-,10+,11+/m1/s1. The number of carbonyl (C=O) groups is 1. The molecule has 0 aromatic heterocycles. The summed E-state index contributed by atoms with van der Waals surface area (Å²) in [4.78, 5) is 14.1. The topological polar surface area (TPSA) is 29.5 Å². The van der Waals surface area contributed by atoms with Gasteiger partial charge in [0.15, 0.2) is 0 Å². The summed E-state index contributed by atoms with van der Waals surface area (Å²) in [7, 11) is 0. The highest BCUT2D eigenvalue weighted by atomic mass is 32.2. The van der Waals surface area contributed by atoms with Crippen LogP contribution in [0, 0.1) is 0 Å². The van der Waals surface area contributed by atoms with Crippen LogP contribution >= 0.6 is 11.8 Å². The molecule has 0 aromatic carbocycles. The van der Waals surface area contributed by atoms with Crippen molar-refractivity contribution in [3.05, 3.63) is 0 Å². The molecule has 92 valence electrons. The summed E-state index contributed by atoms with van der Waals surface area (Å²) in [5, 5.41) is 0.692. The summed E-state index contributed by atoms with van der Waals surface area (Å²) in [5.74, 6) is 0.333. The smallest absolute Gasteiger partial charge is 0.235 e. The molecule has 4 heteroatoms. The monoisotopic (exact) mass is 243 g/mol. The number of thioether (sulfide) groups is 1. The molecule has 0 unspecified atom stereocenters. The fraction of sp³-hybridized carbons (Fsp3) is 0.917. The van der Waals surface area contributed by atoms with Gasteiger partial charge in [-0.05, 0) is 33.6 Å². The average Bonchev–Trinajstić information content (AvgIpc) is 2.76. The summed E-state index contributed by atoms with van der Waals surface area (Å²) in [6, 6.07) is 0.343. The molecular formula is C12H21NO2S. The average molecular weight is 243 g/mol. The summed E-state index contributed by atoms with van der Waals surface area (Å²) in [6.07, 6.45) is 2.41. The van der Waals surface area contributed by atoms with Crippen molar-refractivity contribution in [1.29, 1.82) is 0 Å². The van der Waals surface area contributed by atoms with Crippen molar-refractivity contribution in [2.45, 2.75) is 56.3 Å². The van der Waals surface area contributed by atoms with Crippen molar-refractivity contribution in [1.82, 2.24) is 4.90 Å². The number of carbonyl (C=O) groups excluding carboxylic acids is 1. The molecule has 0 radical (unpaired) electrons. The van der Waals surface area contributed by atoms with Crippen LogP contribution in [0.2, 0.25) is 0 Å². The Labute approximate surface area is 102 Å². The summed E-state index contributed by atoms with van der Waals surface area (Å²) >= 11 is 1.84. The third kappa shape index (κ3) is 2.38. The molecule has 1 amide bonds. The fourth-order valence-electron chi connectivity index (χ4n) is 2.42. The molecule has 3 nitrogen and oxygen atoms in total. The van der Waals surface area contributed by atoms with Crippen molar-refractivity contribution < 1.29 is 9.53 Å². The van der Waals surface area contributed by atoms with Crippen molar-refractivity contribution in [2.75, 3.05) is 13.2 Å². The molecule has 2 heterocycles. The summed E-state index contributed by atoms with van der Waals surface area (Å²) in [6.45, 7) is 8.08. The van der Waals surface area contributed by atoms with Gasteiger partial charge in [0, 0.05) is 24.4 Å². The lowest BCUT2D eigenvalue weighted by Crippen LogP contribution is -2.35. The molecule has 2 rings (SSSR count). The molecular weight excluding hydrogens is 222 g/mol. The minimum Gasteiger partial charge on any atom is -0.377 e. The minimum atomic E-state index is 0.177. The maximum absolute atomic E-state index is 12.1. The SMILES string of the molecule is CC(C)N1CC[C@H](S[C@H]2CCO[C@@H]2C)C1=O. The zero-order chi connectivity index (χ0) is 11.7. The zero-order valence-electron chi connectivity index (χ0n) is 10.3. The van der Waals surface area contributed by atoms with Gasteiger partial charge in [-0.25, -0.2) is 0 Å². The van der Waals surface area contributed by atoms with E-state index in [0.29, 0.717) is 23.3 Å². The van der Waals surface area contributed by atoms with Crippen LogP contribution in [0.25, 0.3) is 0 Å². The Kier molecular flexibility index (Phi) is 3.80. The first-order valence-corrected chi connectivity index (χ1v) is 7.11. The Morgan fingerprint density at radius 2 is 2.19 bits per heavy atom. The maximum atomic E-state index is 12.1. The van der Waals surface area contributed by atoms with Crippen molar-refractivity contribution >= 4 is 17.7 Å². The molecule has 16 heavy (non-hydrogen) atoms. The molecule has 0 bridgehead atoms. The highest BCUT2D eigenvalue weighted by Gasteiger charge is 2.37. The second-order valence-corrected chi connectivity index (χ2v) is 6.39. The fourth-order valence-corrected chi connectivity index (χ4v) is 3.86. The summed E-state index contributed by atoms with van der Waals surface area (Å²) in [5.41, 5.74) is 0. The Morgan fingerprint density at radius 3 is 2.69 bits per heavy atom. The highest BCUT2D eigenvalue weighted by Crippen LogP contribution is 2.34. The van der Waals surface area contributed by atoms with E-state index in [1.807, 2.05) is 16.7 Å². The van der Waals surface area contributed by atoms with Crippen LogP contribution in [-0.2, 0) is 9.53 Å². The van der Waals surface area contributed by atoms with E-state index in [-0.39, 0.29) is 5.25 Å². The van der Waals surface area contributed by atoms with Crippen LogP contribution in [-0.4, -0.2) is 46.6 Å². The van der Waals surface area contributed by atoms with Gasteiger partial charge in [0.25, 0.3) is 0 Å². The van der Waals surface area contributed by atoms with E-state index in [4.69, 9.17) is 4.74 Å². The number of likely N-dealkylation sites (tertiary alicyclic amines) is 1. The Hall–Kier alpha value is -0.220. The lowest BCUT2D eigenvalue weighted by molar-refractivity contribution is -0.128. The Morgan fingerprint density at radius 1 is 1.44 bits per heavy atom. The van der Waals surface area contributed by atoms with E-state index in [9.17, 15) is 4.79 Å². The second kappa shape index (κ2) is 4.96. The molecule has 0 saturated carbocycles. The molecule has 2 aliphatic rings.